The summed E-state index contributed by atoms with van der Waals surface area (Å²) in [4.78, 5) is 15.1. The minimum Gasteiger partial charge on any atom is -0.389 e. The number of aryl methyl sites for hydroxylation is 2. The molecule has 126 valence electrons. The second kappa shape index (κ2) is 7.73. The van der Waals surface area contributed by atoms with E-state index < -0.39 is 6.10 Å². The number of hydrogen-bond donors (Lipinski definition) is 3. The Morgan fingerprint density at radius 1 is 1.26 bits per heavy atom. The topological polar surface area (TPSA) is 74.4 Å². The lowest BCUT2D eigenvalue weighted by atomic mass is 10.1. The zero-order chi connectivity index (χ0) is 17.0. The number of hydrogen-bond acceptors (Lipinski definition) is 4. The summed E-state index contributed by atoms with van der Waals surface area (Å²) in [6.45, 7) is 8.98. The van der Waals surface area contributed by atoms with Crippen LogP contribution >= 0.6 is 0 Å². The van der Waals surface area contributed by atoms with Crippen molar-refractivity contribution in [1.29, 1.82) is 0 Å². The van der Waals surface area contributed by atoms with Crippen LogP contribution < -0.4 is 10.9 Å². The van der Waals surface area contributed by atoms with E-state index in [-0.39, 0.29) is 18.3 Å². The molecule has 0 amide bonds. The monoisotopic (exact) mass is 318 g/mol. The van der Waals surface area contributed by atoms with Gasteiger partial charge in [0.1, 0.15) is 0 Å². The van der Waals surface area contributed by atoms with Crippen LogP contribution in [0, 0.1) is 13.8 Å². The molecule has 1 aromatic heterocycles. The number of H-pyrrole nitrogens is 1. The molecule has 0 saturated carbocycles. The molecule has 0 fully saturated rings. The Morgan fingerprint density at radius 2 is 2.00 bits per heavy atom. The Hall–Kier alpha value is -1.69. The van der Waals surface area contributed by atoms with Gasteiger partial charge in [-0.3, -0.25) is 4.79 Å². The molecule has 1 heterocycles. The smallest absolute Gasteiger partial charge is 0.252 e. The van der Waals surface area contributed by atoms with Crippen molar-refractivity contribution in [2.45, 2.75) is 46.4 Å². The van der Waals surface area contributed by atoms with Crippen molar-refractivity contribution in [3.63, 3.8) is 0 Å². The van der Waals surface area contributed by atoms with Gasteiger partial charge in [0, 0.05) is 18.7 Å². The number of aromatic amines is 1. The Kier molecular flexibility index (Phi) is 5.93. The van der Waals surface area contributed by atoms with Gasteiger partial charge >= 0.3 is 0 Å². The molecule has 0 bridgehead atoms. The van der Waals surface area contributed by atoms with Crippen molar-refractivity contribution in [2.24, 2.45) is 0 Å². The normalized spacial score (nSPS) is 13.0. The predicted molar refractivity (Wildman–Crippen MR) is 92.8 cm³/mol. The van der Waals surface area contributed by atoms with E-state index in [0.717, 1.165) is 16.5 Å². The summed E-state index contributed by atoms with van der Waals surface area (Å²) in [5.41, 5.74) is 3.69. The lowest BCUT2D eigenvalue weighted by Gasteiger charge is -2.14. The molecule has 0 aliphatic carbocycles. The first kappa shape index (κ1) is 17.7. The van der Waals surface area contributed by atoms with Gasteiger partial charge in [-0.2, -0.15) is 0 Å². The molecule has 5 heteroatoms. The van der Waals surface area contributed by atoms with E-state index in [0.29, 0.717) is 18.7 Å². The van der Waals surface area contributed by atoms with Gasteiger partial charge in [0.2, 0.25) is 0 Å². The van der Waals surface area contributed by atoms with Crippen molar-refractivity contribution in [1.82, 2.24) is 10.3 Å². The summed E-state index contributed by atoms with van der Waals surface area (Å²) >= 11 is 0. The average molecular weight is 318 g/mol. The van der Waals surface area contributed by atoms with Crippen LogP contribution in [-0.4, -0.2) is 35.5 Å². The molecule has 0 aliphatic heterocycles. The molecule has 2 aromatic rings. The highest BCUT2D eigenvalue weighted by molar-refractivity contribution is 5.82. The first-order valence-corrected chi connectivity index (χ1v) is 8.00. The molecule has 1 atom stereocenters. The summed E-state index contributed by atoms with van der Waals surface area (Å²) in [5.74, 6) is 0. The molecule has 0 unspecified atom stereocenters. The highest BCUT2D eigenvalue weighted by Gasteiger charge is 2.08. The molecule has 0 aliphatic rings. The van der Waals surface area contributed by atoms with Gasteiger partial charge in [0.05, 0.1) is 24.3 Å². The number of benzene rings is 1. The van der Waals surface area contributed by atoms with Crippen LogP contribution in [0.25, 0.3) is 10.9 Å². The van der Waals surface area contributed by atoms with Crippen LogP contribution in [-0.2, 0) is 11.3 Å². The van der Waals surface area contributed by atoms with E-state index in [1.807, 2.05) is 33.8 Å². The maximum atomic E-state index is 12.2. The lowest BCUT2D eigenvalue weighted by molar-refractivity contribution is 0.00629. The van der Waals surface area contributed by atoms with Crippen LogP contribution in [0.15, 0.2) is 23.0 Å². The van der Waals surface area contributed by atoms with Gasteiger partial charge in [0.25, 0.3) is 5.56 Å². The fourth-order valence-corrected chi connectivity index (χ4v) is 2.60. The van der Waals surface area contributed by atoms with E-state index in [4.69, 9.17) is 4.74 Å². The van der Waals surface area contributed by atoms with Gasteiger partial charge in [-0.25, -0.2) is 0 Å². The van der Waals surface area contributed by atoms with Crippen LogP contribution in [0.4, 0.5) is 0 Å². The van der Waals surface area contributed by atoms with E-state index in [1.165, 1.54) is 5.56 Å². The van der Waals surface area contributed by atoms with Gasteiger partial charge in [0.15, 0.2) is 0 Å². The maximum absolute atomic E-state index is 12.2. The summed E-state index contributed by atoms with van der Waals surface area (Å²) in [6, 6.07) is 6.03. The zero-order valence-corrected chi connectivity index (χ0v) is 14.3. The predicted octanol–water partition coefficient (Wildman–Crippen LogP) is 2.02. The number of aliphatic hydroxyl groups is 1. The first-order chi connectivity index (χ1) is 10.9. The van der Waals surface area contributed by atoms with Crippen LogP contribution in [0.1, 0.15) is 30.5 Å². The molecule has 2 rings (SSSR count). The number of pyridine rings is 1. The lowest BCUT2D eigenvalue weighted by Crippen LogP contribution is -2.32. The molecule has 3 N–H and O–H groups in total. The molecule has 1 aromatic carbocycles. The summed E-state index contributed by atoms with van der Waals surface area (Å²) in [5, 5.41) is 14.0. The molecular weight excluding hydrogens is 292 g/mol. The molecule has 0 spiro atoms. The highest BCUT2D eigenvalue weighted by Crippen LogP contribution is 2.17. The Labute approximate surface area is 136 Å². The van der Waals surface area contributed by atoms with Crippen molar-refractivity contribution in [2.75, 3.05) is 13.2 Å². The minimum absolute atomic E-state index is 0.0927. The summed E-state index contributed by atoms with van der Waals surface area (Å²) in [7, 11) is 0. The average Bonchev–Trinajstić information content (AvgIpc) is 2.46. The molecule has 5 nitrogen and oxygen atoms in total. The van der Waals surface area contributed by atoms with Crippen molar-refractivity contribution in [3.05, 3.63) is 45.2 Å². The van der Waals surface area contributed by atoms with Crippen LogP contribution in [0.5, 0.6) is 0 Å². The number of aromatic nitrogens is 1. The third-order valence-corrected chi connectivity index (χ3v) is 3.69. The number of aliphatic hydroxyl groups excluding tert-OH is 1. The highest BCUT2D eigenvalue weighted by atomic mass is 16.5. The van der Waals surface area contributed by atoms with Gasteiger partial charge in [-0.05, 0) is 50.8 Å². The van der Waals surface area contributed by atoms with E-state index >= 15 is 0 Å². The van der Waals surface area contributed by atoms with Gasteiger partial charge < -0.3 is 20.1 Å². The number of nitrogens with one attached hydrogen (secondary N) is 2. The van der Waals surface area contributed by atoms with Crippen molar-refractivity contribution < 1.29 is 9.84 Å². The number of rotatable bonds is 7. The molecule has 23 heavy (non-hydrogen) atoms. The molecular formula is C18H26N2O3. The second-order valence-electron chi connectivity index (χ2n) is 6.34. The third kappa shape index (κ3) is 4.89. The van der Waals surface area contributed by atoms with Gasteiger partial charge in [-0.15, -0.1) is 0 Å². The Balaban J connectivity index is 2.03. The van der Waals surface area contributed by atoms with Crippen molar-refractivity contribution in [3.8, 4) is 0 Å². The number of ether oxygens (including phenoxy) is 1. The molecule has 0 saturated heterocycles. The molecule has 0 radical (unpaired) electrons. The van der Waals surface area contributed by atoms with E-state index in [9.17, 15) is 9.90 Å². The first-order valence-electron chi connectivity index (χ1n) is 8.00. The fourth-order valence-electron chi connectivity index (χ4n) is 2.60. The Morgan fingerprint density at radius 3 is 2.70 bits per heavy atom. The maximum Gasteiger partial charge on any atom is 0.252 e. The zero-order valence-electron chi connectivity index (χ0n) is 14.3. The number of fused-ring (bicyclic) bond motifs is 1. The Bertz CT molecular complexity index is 722. The third-order valence-electron chi connectivity index (χ3n) is 3.69. The standard InChI is InChI=1S/C18H26N2O3/c1-11(2)23-10-16(21)9-19-8-15-7-14-6-12(3)5-13(4)17(14)20-18(15)22/h5-7,11,16,19,21H,8-10H2,1-4H3,(H,20,22)/t16-/m1/s1. The van der Waals surface area contributed by atoms with Crippen LogP contribution in [0.3, 0.4) is 0 Å². The SMILES string of the molecule is Cc1cc(C)c2[nH]c(=O)c(CNC[C@@H](O)COC(C)C)cc2c1. The summed E-state index contributed by atoms with van der Waals surface area (Å²) < 4.78 is 5.36. The minimum atomic E-state index is -0.582. The largest absolute Gasteiger partial charge is 0.389 e. The van der Waals surface area contributed by atoms with Crippen molar-refractivity contribution >= 4 is 10.9 Å². The summed E-state index contributed by atoms with van der Waals surface area (Å²) in [6.07, 6.45) is -0.485. The van der Waals surface area contributed by atoms with Crippen LogP contribution in [0.2, 0.25) is 0 Å². The van der Waals surface area contributed by atoms with E-state index in [1.54, 1.807) is 0 Å². The second-order valence-corrected chi connectivity index (χ2v) is 6.34. The quantitative estimate of drug-likeness (QED) is 0.730. The fraction of sp³-hybridized carbons (Fsp3) is 0.500. The van der Waals surface area contributed by atoms with E-state index in [2.05, 4.69) is 22.4 Å². The van der Waals surface area contributed by atoms with Gasteiger partial charge in [-0.1, -0.05) is 11.6 Å².